The van der Waals surface area contributed by atoms with Crippen molar-refractivity contribution in [2.24, 2.45) is 0 Å². The van der Waals surface area contributed by atoms with Crippen molar-refractivity contribution in [3.05, 3.63) is 65.7 Å². The van der Waals surface area contributed by atoms with E-state index in [2.05, 4.69) is 10.3 Å². The van der Waals surface area contributed by atoms with Gasteiger partial charge in [0.05, 0.1) is 12.6 Å². The Balaban J connectivity index is 1.71. The van der Waals surface area contributed by atoms with Crippen LogP contribution in [0.15, 0.2) is 48.8 Å². The summed E-state index contributed by atoms with van der Waals surface area (Å²) in [5, 5.41) is 15.3. The first-order valence-corrected chi connectivity index (χ1v) is 9.63. The largest absolute Gasteiger partial charge is 0.490 e. The number of aliphatic hydroxyl groups is 1. The van der Waals surface area contributed by atoms with Gasteiger partial charge in [0.15, 0.2) is 17.2 Å². The second kappa shape index (κ2) is 6.57. The maximum Gasteiger partial charge on any atom is 0.419 e. The molecule has 2 aromatic carbocycles. The van der Waals surface area contributed by atoms with Gasteiger partial charge in [0.1, 0.15) is 0 Å². The first-order valence-electron chi connectivity index (χ1n) is 9.63. The Bertz CT molecular complexity index is 1130. The first-order chi connectivity index (χ1) is 14.3. The average molecular weight is 418 g/mol. The molecule has 3 aromatic rings. The fraction of sp³-hybridized carbons (Fsp3) is 0.318. The summed E-state index contributed by atoms with van der Waals surface area (Å²) in [7, 11) is 0. The highest BCUT2D eigenvalue weighted by atomic mass is 19.4. The molecule has 2 aliphatic rings. The minimum atomic E-state index is -4.89. The molecule has 1 aromatic heterocycles. The lowest BCUT2D eigenvalue weighted by atomic mass is 9.68. The van der Waals surface area contributed by atoms with Gasteiger partial charge in [0.25, 0.3) is 0 Å². The lowest BCUT2D eigenvalue weighted by Gasteiger charge is -2.47. The van der Waals surface area contributed by atoms with Crippen LogP contribution < -0.4 is 10.1 Å². The maximum absolute atomic E-state index is 14.3. The van der Waals surface area contributed by atoms with E-state index in [9.17, 15) is 22.7 Å². The molecule has 0 fully saturated rings. The molecule has 8 heteroatoms. The zero-order valence-electron chi connectivity index (χ0n) is 15.7. The molecule has 1 aliphatic heterocycles. The lowest BCUT2D eigenvalue weighted by Crippen LogP contribution is -2.56. The molecule has 3 atom stereocenters. The number of fused-ring (bicyclic) bond motifs is 1. The molecule has 2 heterocycles. The molecule has 0 spiro atoms. The van der Waals surface area contributed by atoms with Crippen molar-refractivity contribution in [2.45, 2.75) is 36.6 Å². The van der Waals surface area contributed by atoms with Gasteiger partial charge >= 0.3 is 6.18 Å². The molecular weight excluding hydrogens is 400 g/mol. The van der Waals surface area contributed by atoms with Gasteiger partial charge in [0, 0.05) is 34.4 Å². The summed E-state index contributed by atoms with van der Waals surface area (Å²) in [6.45, 7) is 0.112. The number of ether oxygens (including phenoxy) is 1. The van der Waals surface area contributed by atoms with Crippen LogP contribution in [-0.4, -0.2) is 28.5 Å². The number of pyridine rings is 1. The van der Waals surface area contributed by atoms with E-state index in [-0.39, 0.29) is 24.3 Å². The Kier molecular flexibility index (Phi) is 4.18. The topological polar surface area (TPSA) is 54.4 Å². The number of halogens is 4. The molecule has 0 radical (unpaired) electrons. The third-order valence-corrected chi connectivity index (χ3v) is 6.12. The van der Waals surface area contributed by atoms with E-state index >= 15 is 0 Å². The summed E-state index contributed by atoms with van der Waals surface area (Å²) in [6, 6.07) is 7.73. The third kappa shape index (κ3) is 2.74. The van der Waals surface area contributed by atoms with Gasteiger partial charge in [-0.3, -0.25) is 4.98 Å². The molecule has 4 nitrogen and oxygen atoms in total. The number of benzene rings is 2. The quantitative estimate of drug-likeness (QED) is 0.570. The minimum absolute atomic E-state index is 0.0121. The minimum Gasteiger partial charge on any atom is -0.490 e. The zero-order valence-corrected chi connectivity index (χ0v) is 15.7. The van der Waals surface area contributed by atoms with Crippen LogP contribution >= 0.6 is 0 Å². The predicted octanol–water partition coefficient (Wildman–Crippen LogP) is 5.09. The highest BCUT2D eigenvalue weighted by Crippen LogP contribution is 2.56. The number of alkyl halides is 3. The van der Waals surface area contributed by atoms with Gasteiger partial charge in [0.2, 0.25) is 0 Å². The molecule has 0 saturated carbocycles. The maximum atomic E-state index is 14.3. The van der Waals surface area contributed by atoms with Gasteiger partial charge in [-0.1, -0.05) is 18.2 Å². The monoisotopic (exact) mass is 418 g/mol. The molecule has 5 rings (SSSR count). The molecule has 30 heavy (non-hydrogen) atoms. The van der Waals surface area contributed by atoms with Crippen LogP contribution in [-0.2, 0) is 0 Å². The van der Waals surface area contributed by atoms with E-state index in [1.807, 2.05) is 0 Å². The van der Waals surface area contributed by atoms with Crippen molar-refractivity contribution in [1.29, 1.82) is 0 Å². The summed E-state index contributed by atoms with van der Waals surface area (Å²) in [6.07, 6.45) is -2.00. The molecule has 156 valence electrons. The molecule has 3 unspecified atom stereocenters. The van der Waals surface area contributed by atoms with Crippen molar-refractivity contribution in [3.63, 3.8) is 0 Å². The number of nitrogens with zero attached hydrogens (tertiary/aromatic N) is 1. The van der Waals surface area contributed by atoms with Crippen LogP contribution in [0.5, 0.6) is 5.75 Å². The number of hydrogen-bond donors (Lipinski definition) is 2. The third-order valence-electron chi connectivity index (χ3n) is 6.12. The van der Waals surface area contributed by atoms with Crippen molar-refractivity contribution < 1.29 is 27.4 Å². The Hall–Kier alpha value is -2.87. The SMILES string of the molecule is OC1(C(F)(F)F)CC2CCOc3c(F)ccc(c32)C1Nc1cccc2cnccc12. The number of hydrogen-bond acceptors (Lipinski definition) is 4. The van der Waals surface area contributed by atoms with Gasteiger partial charge in [-0.05, 0) is 42.5 Å². The van der Waals surface area contributed by atoms with Crippen LogP contribution in [0.3, 0.4) is 0 Å². The van der Waals surface area contributed by atoms with Crippen molar-refractivity contribution >= 4 is 16.5 Å². The lowest BCUT2D eigenvalue weighted by molar-refractivity contribution is -0.273. The summed E-state index contributed by atoms with van der Waals surface area (Å²) >= 11 is 0. The van der Waals surface area contributed by atoms with Gasteiger partial charge in [-0.25, -0.2) is 4.39 Å². The Morgan fingerprint density at radius 2 is 2.00 bits per heavy atom. The number of nitrogens with one attached hydrogen (secondary N) is 1. The number of aromatic nitrogens is 1. The Labute approximate surface area is 169 Å². The van der Waals surface area contributed by atoms with Crippen molar-refractivity contribution in [3.8, 4) is 5.75 Å². The van der Waals surface area contributed by atoms with Crippen LogP contribution in [0.1, 0.15) is 35.9 Å². The fourth-order valence-electron chi connectivity index (χ4n) is 4.69. The highest BCUT2D eigenvalue weighted by Gasteiger charge is 2.63. The highest BCUT2D eigenvalue weighted by molar-refractivity contribution is 5.93. The van der Waals surface area contributed by atoms with Crippen molar-refractivity contribution in [2.75, 3.05) is 11.9 Å². The predicted molar refractivity (Wildman–Crippen MR) is 103 cm³/mol. The van der Waals surface area contributed by atoms with E-state index in [1.54, 1.807) is 36.7 Å². The fourth-order valence-corrected chi connectivity index (χ4v) is 4.69. The normalized spacial score (nSPS) is 25.5. The van der Waals surface area contributed by atoms with Crippen molar-refractivity contribution in [1.82, 2.24) is 4.98 Å². The van der Waals surface area contributed by atoms with Gasteiger partial charge in [-0.2, -0.15) is 13.2 Å². The summed E-state index contributed by atoms with van der Waals surface area (Å²) < 4.78 is 62.4. The zero-order chi connectivity index (χ0) is 21.1. The van der Waals surface area contributed by atoms with Gasteiger partial charge in [-0.15, -0.1) is 0 Å². The van der Waals surface area contributed by atoms with E-state index in [4.69, 9.17) is 4.74 Å². The summed E-state index contributed by atoms with van der Waals surface area (Å²) in [5.74, 6) is -1.26. The second-order valence-corrected chi connectivity index (χ2v) is 7.82. The molecular formula is C22H18F4N2O2. The van der Waals surface area contributed by atoms with Gasteiger partial charge < -0.3 is 15.2 Å². The van der Waals surface area contributed by atoms with Crippen LogP contribution in [0, 0.1) is 5.82 Å². The Morgan fingerprint density at radius 3 is 2.80 bits per heavy atom. The molecule has 0 amide bonds. The van der Waals surface area contributed by atoms with E-state index in [0.717, 1.165) is 11.5 Å². The standard InChI is InChI=1S/C22H18F4N2O2/c23-16-5-4-15-18-12(7-9-30-19(16)18)10-21(29,22(24,25)26)20(15)28-17-3-1-2-13-11-27-8-6-14(13)17/h1-6,8,11-12,20,28-29H,7,9-10H2. The van der Waals surface area contributed by atoms with Crippen LogP contribution in [0.4, 0.5) is 23.2 Å². The summed E-state index contributed by atoms with van der Waals surface area (Å²) in [5.41, 5.74) is -1.98. The van der Waals surface area contributed by atoms with Crippen LogP contribution in [0.25, 0.3) is 10.8 Å². The Morgan fingerprint density at radius 1 is 1.17 bits per heavy atom. The average Bonchev–Trinajstić information content (AvgIpc) is 2.72. The van der Waals surface area contributed by atoms with E-state index in [0.29, 0.717) is 16.6 Å². The molecule has 0 bridgehead atoms. The second-order valence-electron chi connectivity index (χ2n) is 7.82. The van der Waals surface area contributed by atoms with E-state index in [1.165, 1.54) is 6.07 Å². The molecule has 2 N–H and O–H groups in total. The van der Waals surface area contributed by atoms with E-state index < -0.39 is 36.0 Å². The number of anilines is 1. The smallest absolute Gasteiger partial charge is 0.419 e. The first kappa shape index (κ1) is 19.1. The van der Waals surface area contributed by atoms with Crippen LogP contribution in [0.2, 0.25) is 0 Å². The summed E-state index contributed by atoms with van der Waals surface area (Å²) in [4.78, 5) is 4.04. The molecule has 0 saturated heterocycles. The number of rotatable bonds is 2. The molecule has 1 aliphatic carbocycles.